The van der Waals surface area contributed by atoms with Crippen LogP contribution in [0.2, 0.25) is 0 Å². The molecule has 0 aromatic heterocycles. The fourth-order valence-corrected chi connectivity index (χ4v) is 3.71. The quantitative estimate of drug-likeness (QED) is 0.455. The fourth-order valence-electron chi connectivity index (χ4n) is 3.71. The first-order valence-corrected chi connectivity index (χ1v) is 9.66. The maximum atomic E-state index is 13.1. The van der Waals surface area contributed by atoms with Crippen molar-refractivity contribution in [3.63, 3.8) is 0 Å². The third-order valence-corrected chi connectivity index (χ3v) is 5.37. The lowest BCUT2D eigenvalue weighted by molar-refractivity contribution is 0.0469. The van der Waals surface area contributed by atoms with Gasteiger partial charge >= 0.3 is 5.97 Å². The molecule has 0 aliphatic heterocycles. The summed E-state index contributed by atoms with van der Waals surface area (Å²) in [5.74, 6) is -0.217. The summed E-state index contributed by atoms with van der Waals surface area (Å²) in [4.78, 5) is 38.8. The molecule has 0 amide bonds. The molecule has 3 aromatic carbocycles. The van der Waals surface area contributed by atoms with E-state index in [1.54, 1.807) is 55.6 Å². The summed E-state index contributed by atoms with van der Waals surface area (Å²) < 4.78 is 16.1. The summed E-state index contributed by atoms with van der Waals surface area (Å²) in [6.45, 7) is 1.85. The molecule has 0 bridgehead atoms. The molecule has 0 spiro atoms. The molecular weight excluding hydrogens is 396 g/mol. The van der Waals surface area contributed by atoms with Crippen molar-refractivity contribution >= 4 is 17.5 Å². The number of methoxy groups -OCH3 is 2. The molecule has 4 rings (SSSR count). The van der Waals surface area contributed by atoms with Crippen LogP contribution in [0.25, 0.3) is 0 Å². The van der Waals surface area contributed by atoms with Crippen molar-refractivity contribution in [1.29, 1.82) is 0 Å². The second-order valence-electron chi connectivity index (χ2n) is 7.14. The average molecular weight is 416 g/mol. The number of ether oxygens (including phenoxy) is 3. The maximum Gasteiger partial charge on any atom is 0.339 e. The number of ketones is 2. The average Bonchev–Trinajstić information content (AvgIpc) is 2.80. The Morgan fingerprint density at radius 1 is 0.806 bits per heavy atom. The van der Waals surface area contributed by atoms with Crippen molar-refractivity contribution < 1.29 is 28.6 Å². The van der Waals surface area contributed by atoms with Crippen molar-refractivity contribution in [2.45, 2.75) is 13.5 Å². The van der Waals surface area contributed by atoms with Gasteiger partial charge in [-0.2, -0.15) is 0 Å². The van der Waals surface area contributed by atoms with Crippen LogP contribution >= 0.6 is 0 Å². The zero-order valence-electron chi connectivity index (χ0n) is 17.4. The predicted molar refractivity (Wildman–Crippen MR) is 113 cm³/mol. The Morgan fingerprint density at radius 3 is 2.10 bits per heavy atom. The summed E-state index contributed by atoms with van der Waals surface area (Å²) in [5, 5.41) is 0. The molecule has 0 saturated carbocycles. The monoisotopic (exact) mass is 416 g/mol. The van der Waals surface area contributed by atoms with Gasteiger partial charge in [0.15, 0.2) is 23.1 Å². The van der Waals surface area contributed by atoms with Crippen LogP contribution in [0.1, 0.15) is 53.3 Å². The van der Waals surface area contributed by atoms with Crippen LogP contribution in [0.15, 0.2) is 54.6 Å². The SMILES string of the molecule is COc1cc(C)c(COC(=O)c2cccc3c2C(=O)c2ccccc2C3=O)cc1OC. The minimum Gasteiger partial charge on any atom is -0.493 e. The van der Waals surface area contributed by atoms with Gasteiger partial charge in [0, 0.05) is 22.3 Å². The zero-order chi connectivity index (χ0) is 22.1. The van der Waals surface area contributed by atoms with Crippen LogP contribution in [-0.2, 0) is 11.3 Å². The molecule has 31 heavy (non-hydrogen) atoms. The van der Waals surface area contributed by atoms with Crippen LogP contribution in [0.3, 0.4) is 0 Å². The normalized spacial score (nSPS) is 12.1. The van der Waals surface area contributed by atoms with Crippen LogP contribution < -0.4 is 9.47 Å². The smallest absolute Gasteiger partial charge is 0.339 e. The topological polar surface area (TPSA) is 78.9 Å². The van der Waals surface area contributed by atoms with E-state index in [0.29, 0.717) is 17.1 Å². The number of carbonyl (C=O) groups excluding carboxylic acids is 3. The van der Waals surface area contributed by atoms with Gasteiger partial charge in [0.25, 0.3) is 0 Å². The Labute approximate surface area is 179 Å². The summed E-state index contributed by atoms with van der Waals surface area (Å²) >= 11 is 0. The number of benzene rings is 3. The zero-order valence-corrected chi connectivity index (χ0v) is 17.4. The number of carbonyl (C=O) groups is 3. The van der Waals surface area contributed by atoms with Gasteiger partial charge in [-0.05, 0) is 36.2 Å². The van der Waals surface area contributed by atoms with Crippen molar-refractivity contribution in [2.24, 2.45) is 0 Å². The molecule has 0 unspecified atom stereocenters. The number of aryl methyl sites for hydroxylation is 1. The second kappa shape index (κ2) is 8.07. The van der Waals surface area contributed by atoms with E-state index < -0.39 is 5.97 Å². The van der Waals surface area contributed by atoms with Crippen molar-refractivity contribution in [3.8, 4) is 11.5 Å². The van der Waals surface area contributed by atoms with Gasteiger partial charge in [-0.25, -0.2) is 4.79 Å². The lowest BCUT2D eigenvalue weighted by atomic mass is 9.82. The van der Waals surface area contributed by atoms with Crippen LogP contribution in [0, 0.1) is 6.92 Å². The van der Waals surface area contributed by atoms with E-state index in [2.05, 4.69) is 0 Å². The third-order valence-electron chi connectivity index (χ3n) is 5.37. The summed E-state index contributed by atoms with van der Waals surface area (Å²) in [6, 6.07) is 14.8. The maximum absolute atomic E-state index is 13.1. The minimum atomic E-state index is -0.674. The molecule has 1 aliphatic carbocycles. The molecule has 0 fully saturated rings. The third kappa shape index (κ3) is 3.46. The molecule has 6 nitrogen and oxygen atoms in total. The summed E-state index contributed by atoms with van der Waals surface area (Å²) in [7, 11) is 3.08. The van der Waals surface area contributed by atoms with E-state index in [-0.39, 0.29) is 40.4 Å². The van der Waals surface area contributed by atoms with Gasteiger partial charge in [-0.1, -0.05) is 36.4 Å². The highest BCUT2D eigenvalue weighted by Gasteiger charge is 2.33. The van der Waals surface area contributed by atoms with Crippen LogP contribution in [-0.4, -0.2) is 31.8 Å². The minimum absolute atomic E-state index is 0.0204. The van der Waals surface area contributed by atoms with Gasteiger partial charge < -0.3 is 14.2 Å². The highest BCUT2D eigenvalue weighted by Crippen LogP contribution is 2.32. The Kier molecular flexibility index (Phi) is 5.29. The molecule has 0 atom stereocenters. The molecule has 0 radical (unpaired) electrons. The lowest BCUT2D eigenvalue weighted by Crippen LogP contribution is -2.24. The molecule has 1 aliphatic rings. The first kappa shape index (κ1) is 20.3. The lowest BCUT2D eigenvalue weighted by Gasteiger charge is -2.19. The van der Waals surface area contributed by atoms with E-state index >= 15 is 0 Å². The molecule has 0 saturated heterocycles. The van der Waals surface area contributed by atoms with E-state index in [9.17, 15) is 14.4 Å². The fraction of sp³-hybridized carbons (Fsp3) is 0.160. The summed E-state index contributed by atoms with van der Waals surface area (Å²) in [6.07, 6.45) is 0. The summed E-state index contributed by atoms with van der Waals surface area (Å²) in [5.41, 5.74) is 2.59. The van der Waals surface area contributed by atoms with Gasteiger partial charge in [0.05, 0.1) is 19.8 Å². The van der Waals surface area contributed by atoms with Gasteiger partial charge in [0.2, 0.25) is 0 Å². The van der Waals surface area contributed by atoms with Gasteiger partial charge in [-0.3, -0.25) is 9.59 Å². The first-order chi connectivity index (χ1) is 15.0. The first-order valence-electron chi connectivity index (χ1n) is 9.66. The van der Waals surface area contributed by atoms with Crippen LogP contribution in [0.4, 0.5) is 0 Å². The van der Waals surface area contributed by atoms with Gasteiger partial charge in [0.1, 0.15) is 6.61 Å². The predicted octanol–water partition coefficient (Wildman–Crippen LogP) is 4.14. The Hall–Kier alpha value is -3.93. The van der Waals surface area contributed by atoms with Crippen molar-refractivity contribution in [3.05, 3.63) is 93.5 Å². The second-order valence-corrected chi connectivity index (χ2v) is 7.14. The molecule has 0 N–H and O–H groups in total. The number of hydrogen-bond donors (Lipinski definition) is 0. The van der Waals surface area contributed by atoms with Gasteiger partial charge in [-0.15, -0.1) is 0 Å². The molecule has 3 aromatic rings. The van der Waals surface area contributed by atoms with Crippen LogP contribution in [0.5, 0.6) is 11.5 Å². The molecule has 0 heterocycles. The number of fused-ring (bicyclic) bond motifs is 2. The number of esters is 1. The van der Waals surface area contributed by atoms with E-state index in [1.165, 1.54) is 13.2 Å². The molecule has 6 heteroatoms. The Morgan fingerprint density at radius 2 is 1.42 bits per heavy atom. The Bertz CT molecular complexity index is 1220. The highest BCUT2D eigenvalue weighted by molar-refractivity contribution is 6.30. The van der Waals surface area contributed by atoms with Crippen molar-refractivity contribution in [2.75, 3.05) is 14.2 Å². The van der Waals surface area contributed by atoms with E-state index in [0.717, 1.165) is 11.1 Å². The van der Waals surface area contributed by atoms with E-state index in [1.807, 2.05) is 6.92 Å². The molecule has 156 valence electrons. The number of hydrogen-bond acceptors (Lipinski definition) is 6. The highest BCUT2D eigenvalue weighted by atomic mass is 16.5. The number of rotatable bonds is 5. The van der Waals surface area contributed by atoms with E-state index in [4.69, 9.17) is 14.2 Å². The standard InChI is InChI=1S/C25H20O6/c1-14-11-20(29-2)21(30-3)12-15(14)13-31-25(28)19-10-6-9-18-22(19)24(27)17-8-5-4-7-16(17)23(18)26/h4-12H,13H2,1-3H3. The Balaban J connectivity index is 1.65. The molecular formula is C25H20O6. The van der Waals surface area contributed by atoms with Crippen molar-refractivity contribution in [1.82, 2.24) is 0 Å². The largest absolute Gasteiger partial charge is 0.493 e.